The van der Waals surface area contributed by atoms with Gasteiger partial charge in [-0.25, -0.2) is 4.39 Å². The monoisotopic (exact) mass is 465 g/mol. The maximum Gasteiger partial charge on any atom is 0.226 e. The number of nitrogens with zero attached hydrogens (tertiary/aromatic N) is 2. The summed E-state index contributed by atoms with van der Waals surface area (Å²) in [6, 6.07) is 8.88. The summed E-state index contributed by atoms with van der Waals surface area (Å²) < 4.78 is 25.1. The van der Waals surface area contributed by atoms with Gasteiger partial charge in [-0.3, -0.25) is 14.7 Å². The first-order chi connectivity index (χ1) is 16.6. The minimum atomic E-state index is -0.285. The van der Waals surface area contributed by atoms with Gasteiger partial charge in [-0.2, -0.15) is 0 Å². The van der Waals surface area contributed by atoms with Crippen molar-refractivity contribution in [1.29, 1.82) is 0 Å². The summed E-state index contributed by atoms with van der Waals surface area (Å²) in [6.45, 7) is 6.73. The highest BCUT2D eigenvalue weighted by molar-refractivity contribution is 5.78. The number of morpholine rings is 1. The number of ether oxygens (including phenoxy) is 2. The van der Waals surface area contributed by atoms with Crippen molar-refractivity contribution in [3.63, 3.8) is 0 Å². The maximum atomic E-state index is 14.1. The second-order valence-corrected chi connectivity index (χ2v) is 8.61. The van der Waals surface area contributed by atoms with Crippen molar-refractivity contribution in [1.82, 2.24) is 15.2 Å². The summed E-state index contributed by atoms with van der Waals surface area (Å²) in [5.74, 6) is 0.590. The Labute approximate surface area is 200 Å². The topological polar surface area (TPSA) is 63.7 Å². The molecule has 1 amide bonds. The zero-order chi connectivity index (χ0) is 23.8. The molecule has 180 valence electrons. The molecule has 0 radical (unpaired) electrons. The van der Waals surface area contributed by atoms with Crippen molar-refractivity contribution in [2.24, 2.45) is 0 Å². The predicted octanol–water partition coefficient (Wildman–Crippen LogP) is 4.01. The molecule has 2 aromatic rings. The van der Waals surface area contributed by atoms with Gasteiger partial charge in [-0.1, -0.05) is 18.2 Å². The molecule has 1 fully saturated rings. The van der Waals surface area contributed by atoms with Gasteiger partial charge in [0.1, 0.15) is 5.82 Å². The molecule has 7 heteroatoms. The van der Waals surface area contributed by atoms with Gasteiger partial charge in [0.25, 0.3) is 0 Å². The SMILES string of the molecule is CCOC1=CC=C(c2ccc(CC(=O)NCc3cc(F)cc(CN4CCOCC4)c3)nc2)CC1. The van der Waals surface area contributed by atoms with E-state index in [1.54, 1.807) is 6.07 Å². The quantitative estimate of drug-likeness (QED) is 0.606. The van der Waals surface area contributed by atoms with E-state index >= 15 is 0 Å². The van der Waals surface area contributed by atoms with Crippen LogP contribution in [0.15, 0.2) is 54.4 Å². The van der Waals surface area contributed by atoms with E-state index in [1.807, 2.05) is 37.4 Å². The van der Waals surface area contributed by atoms with Crippen LogP contribution in [-0.4, -0.2) is 48.7 Å². The van der Waals surface area contributed by atoms with Gasteiger partial charge in [0.05, 0.1) is 32.0 Å². The van der Waals surface area contributed by atoms with E-state index in [2.05, 4.69) is 21.3 Å². The summed E-state index contributed by atoms with van der Waals surface area (Å²) in [5, 5.41) is 2.89. The lowest BCUT2D eigenvalue weighted by Gasteiger charge is -2.26. The summed E-state index contributed by atoms with van der Waals surface area (Å²) in [4.78, 5) is 19.2. The van der Waals surface area contributed by atoms with E-state index in [-0.39, 0.29) is 24.7 Å². The number of hydrogen-bond donors (Lipinski definition) is 1. The van der Waals surface area contributed by atoms with Gasteiger partial charge in [-0.05, 0) is 59.9 Å². The predicted molar refractivity (Wildman–Crippen MR) is 129 cm³/mol. The lowest BCUT2D eigenvalue weighted by Crippen LogP contribution is -2.35. The molecule has 0 saturated carbocycles. The van der Waals surface area contributed by atoms with Gasteiger partial charge in [-0.15, -0.1) is 0 Å². The lowest BCUT2D eigenvalue weighted by molar-refractivity contribution is -0.120. The molecule has 1 aromatic carbocycles. The van der Waals surface area contributed by atoms with E-state index in [0.29, 0.717) is 32.1 Å². The third-order valence-corrected chi connectivity index (χ3v) is 6.00. The number of amides is 1. The number of nitrogens with one attached hydrogen (secondary N) is 1. The molecule has 2 aliphatic rings. The third-order valence-electron chi connectivity index (χ3n) is 6.00. The van der Waals surface area contributed by atoms with Gasteiger partial charge in [0.15, 0.2) is 0 Å². The van der Waals surface area contributed by atoms with Crippen LogP contribution in [0.25, 0.3) is 5.57 Å². The molecule has 1 saturated heterocycles. The first kappa shape index (κ1) is 24.1. The largest absolute Gasteiger partial charge is 0.498 e. The van der Waals surface area contributed by atoms with Crippen LogP contribution in [0.2, 0.25) is 0 Å². The van der Waals surface area contributed by atoms with Crippen LogP contribution in [0.5, 0.6) is 0 Å². The minimum absolute atomic E-state index is 0.139. The lowest BCUT2D eigenvalue weighted by atomic mass is 9.97. The fourth-order valence-electron chi connectivity index (χ4n) is 4.24. The van der Waals surface area contributed by atoms with Crippen molar-refractivity contribution in [2.75, 3.05) is 32.9 Å². The second-order valence-electron chi connectivity index (χ2n) is 8.61. The Balaban J connectivity index is 1.28. The van der Waals surface area contributed by atoms with Crippen LogP contribution in [-0.2, 0) is 33.8 Å². The van der Waals surface area contributed by atoms with Crippen molar-refractivity contribution in [3.8, 4) is 0 Å². The number of pyridine rings is 1. The van der Waals surface area contributed by atoms with Crippen molar-refractivity contribution in [3.05, 3.63) is 82.6 Å². The second kappa shape index (κ2) is 11.9. The molecular weight excluding hydrogens is 433 g/mol. The Morgan fingerprint density at radius 2 is 1.97 bits per heavy atom. The van der Waals surface area contributed by atoms with E-state index < -0.39 is 0 Å². The highest BCUT2D eigenvalue weighted by atomic mass is 19.1. The number of rotatable bonds is 9. The number of hydrogen-bond acceptors (Lipinski definition) is 5. The van der Waals surface area contributed by atoms with E-state index in [9.17, 15) is 9.18 Å². The highest BCUT2D eigenvalue weighted by Gasteiger charge is 2.13. The van der Waals surface area contributed by atoms with Crippen LogP contribution in [0.4, 0.5) is 4.39 Å². The molecule has 1 aromatic heterocycles. The molecule has 1 aliphatic heterocycles. The summed E-state index contributed by atoms with van der Waals surface area (Å²) >= 11 is 0. The zero-order valence-electron chi connectivity index (χ0n) is 19.7. The number of aromatic nitrogens is 1. The van der Waals surface area contributed by atoms with Gasteiger partial charge < -0.3 is 14.8 Å². The first-order valence-electron chi connectivity index (χ1n) is 11.9. The van der Waals surface area contributed by atoms with Crippen molar-refractivity contribution < 1.29 is 18.7 Å². The van der Waals surface area contributed by atoms with Gasteiger partial charge >= 0.3 is 0 Å². The minimum Gasteiger partial charge on any atom is -0.498 e. The molecule has 0 atom stereocenters. The summed E-state index contributed by atoms with van der Waals surface area (Å²) in [5.41, 5.74) is 4.64. The fraction of sp³-hybridized carbons (Fsp3) is 0.407. The van der Waals surface area contributed by atoms with Crippen LogP contribution in [0.3, 0.4) is 0 Å². The molecule has 4 rings (SSSR count). The van der Waals surface area contributed by atoms with Gasteiger partial charge in [0.2, 0.25) is 5.91 Å². The Kier molecular flexibility index (Phi) is 8.44. The first-order valence-corrected chi connectivity index (χ1v) is 11.9. The third kappa shape index (κ3) is 6.98. The summed E-state index contributed by atoms with van der Waals surface area (Å²) in [7, 11) is 0. The Morgan fingerprint density at radius 3 is 2.68 bits per heavy atom. The standard InChI is InChI=1S/C27H32FN3O3/c1-2-34-26-7-4-22(5-8-26)23-3-6-25(29-18-23)16-27(32)30-17-20-13-21(15-24(28)14-20)19-31-9-11-33-12-10-31/h3-4,6-7,13-15,18H,2,5,8-12,16-17,19H2,1H3,(H,30,32). The van der Waals surface area contributed by atoms with Crippen molar-refractivity contribution in [2.45, 2.75) is 39.3 Å². The maximum absolute atomic E-state index is 14.1. The van der Waals surface area contributed by atoms with Crippen LogP contribution in [0.1, 0.15) is 42.1 Å². The molecule has 1 aliphatic carbocycles. The van der Waals surface area contributed by atoms with Crippen LogP contribution < -0.4 is 5.32 Å². The molecule has 0 spiro atoms. The van der Waals surface area contributed by atoms with Crippen molar-refractivity contribution >= 4 is 11.5 Å². The van der Waals surface area contributed by atoms with E-state index in [0.717, 1.165) is 48.4 Å². The van der Waals surface area contributed by atoms with Crippen LogP contribution >= 0.6 is 0 Å². The average molecular weight is 466 g/mol. The Morgan fingerprint density at radius 1 is 1.15 bits per heavy atom. The highest BCUT2D eigenvalue weighted by Crippen LogP contribution is 2.26. The molecule has 1 N–H and O–H groups in total. The number of carbonyl (C=O) groups excluding carboxylic acids is 1. The van der Waals surface area contributed by atoms with E-state index in [1.165, 1.54) is 11.6 Å². The summed E-state index contributed by atoms with van der Waals surface area (Å²) in [6.07, 6.45) is 7.89. The normalized spacial score (nSPS) is 16.5. The van der Waals surface area contributed by atoms with E-state index in [4.69, 9.17) is 9.47 Å². The molecule has 0 bridgehead atoms. The Hall–Kier alpha value is -3.03. The fourth-order valence-corrected chi connectivity index (χ4v) is 4.24. The molecule has 34 heavy (non-hydrogen) atoms. The number of allylic oxidation sites excluding steroid dienone is 4. The zero-order valence-corrected chi connectivity index (χ0v) is 19.7. The smallest absolute Gasteiger partial charge is 0.226 e. The average Bonchev–Trinajstić information content (AvgIpc) is 2.84. The molecular formula is C27H32FN3O3. The number of benzene rings is 1. The van der Waals surface area contributed by atoms with Crippen LogP contribution in [0, 0.1) is 5.82 Å². The number of carbonyl (C=O) groups is 1. The Bertz CT molecular complexity index is 1040. The van der Waals surface area contributed by atoms with Gasteiger partial charge in [0, 0.05) is 44.5 Å². The number of halogens is 1. The molecule has 0 unspecified atom stereocenters. The molecule has 2 heterocycles. The molecule has 6 nitrogen and oxygen atoms in total.